The molecule has 1 aromatic heterocycles. The van der Waals surface area contributed by atoms with Gasteiger partial charge in [0.1, 0.15) is 0 Å². The number of hydrogen-bond acceptors (Lipinski definition) is 3. The first-order chi connectivity index (χ1) is 6.20. The van der Waals surface area contributed by atoms with Gasteiger partial charge in [-0.3, -0.25) is 4.68 Å². The molecule has 0 spiro atoms. The van der Waals surface area contributed by atoms with Crippen LogP contribution in [0.1, 0.15) is 18.3 Å². The maximum absolute atomic E-state index is 5.43. The van der Waals surface area contributed by atoms with E-state index in [0.717, 1.165) is 24.5 Å². The van der Waals surface area contributed by atoms with Gasteiger partial charge in [-0.25, -0.2) is 0 Å². The lowest BCUT2D eigenvalue weighted by Gasteiger charge is -2.04. The van der Waals surface area contributed by atoms with Crippen molar-refractivity contribution in [2.24, 2.45) is 5.73 Å². The third kappa shape index (κ3) is 2.01. The third-order valence-electron chi connectivity index (χ3n) is 2.13. The van der Waals surface area contributed by atoms with Crippen LogP contribution in [0.25, 0.3) is 0 Å². The van der Waals surface area contributed by atoms with Gasteiger partial charge in [0.05, 0.1) is 17.1 Å². The zero-order valence-corrected chi connectivity index (χ0v) is 8.59. The smallest absolute Gasteiger partial charge is 0.0827 e. The molecule has 0 saturated carbocycles. The number of rotatable bonds is 4. The van der Waals surface area contributed by atoms with Crippen LogP contribution < -0.4 is 11.1 Å². The Morgan fingerprint density at radius 2 is 2.15 bits per heavy atom. The van der Waals surface area contributed by atoms with E-state index in [1.54, 1.807) is 0 Å². The average Bonchev–Trinajstić information content (AvgIpc) is 2.39. The second-order valence-corrected chi connectivity index (χ2v) is 3.08. The van der Waals surface area contributed by atoms with Crippen molar-refractivity contribution < 1.29 is 0 Å². The minimum Gasteiger partial charge on any atom is -0.381 e. The summed E-state index contributed by atoms with van der Waals surface area (Å²) in [6, 6.07) is 0. The molecule has 0 radical (unpaired) electrons. The second kappa shape index (κ2) is 4.28. The van der Waals surface area contributed by atoms with E-state index in [2.05, 4.69) is 24.3 Å². The van der Waals surface area contributed by atoms with Gasteiger partial charge >= 0.3 is 0 Å². The first-order valence-corrected chi connectivity index (χ1v) is 4.68. The number of anilines is 1. The quantitative estimate of drug-likeness (QED) is 0.727. The Hall–Kier alpha value is -1.03. The van der Waals surface area contributed by atoms with Gasteiger partial charge < -0.3 is 11.1 Å². The Balaban J connectivity index is 2.85. The summed E-state index contributed by atoms with van der Waals surface area (Å²) in [6.45, 7) is 8.54. The second-order valence-electron chi connectivity index (χ2n) is 3.08. The van der Waals surface area contributed by atoms with Crippen LogP contribution >= 0.6 is 0 Å². The lowest BCUT2D eigenvalue weighted by molar-refractivity contribution is 0.634. The van der Waals surface area contributed by atoms with Gasteiger partial charge in [0, 0.05) is 19.6 Å². The van der Waals surface area contributed by atoms with Gasteiger partial charge in [-0.05, 0) is 20.8 Å². The van der Waals surface area contributed by atoms with Crippen LogP contribution in [-0.4, -0.2) is 22.9 Å². The molecule has 0 aromatic carbocycles. The summed E-state index contributed by atoms with van der Waals surface area (Å²) in [5, 5.41) is 7.67. The Morgan fingerprint density at radius 3 is 2.62 bits per heavy atom. The van der Waals surface area contributed by atoms with Crippen molar-refractivity contribution in [3.63, 3.8) is 0 Å². The highest BCUT2D eigenvalue weighted by Crippen LogP contribution is 2.18. The molecule has 1 rings (SSSR count). The van der Waals surface area contributed by atoms with Crippen molar-refractivity contribution in [1.82, 2.24) is 9.78 Å². The highest BCUT2D eigenvalue weighted by molar-refractivity contribution is 5.51. The van der Waals surface area contributed by atoms with E-state index in [1.807, 2.05) is 11.6 Å². The summed E-state index contributed by atoms with van der Waals surface area (Å²) in [7, 11) is 0. The molecule has 4 nitrogen and oxygen atoms in total. The van der Waals surface area contributed by atoms with E-state index in [-0.39, 0.29) is 0 Å². The van der Waals surface area contributed by atoms with E-state index < -0.39 is 0 Å². The van der Waals surface area contributed by atoms with Gasteiger partial charge in [-0.1, -0.05) is 0 Å². The fraction of sp³-hybridized carbons (Fsp3) is 0.667. The third-order valence-corrected chi connectivity index (χ3v) is 2.13. The van der Waals surface area contributed by atoms with Crippen LogP contribution in [0.4, 0.5) is 5.69 Å². The minimum absolute atomic E-state index is 0.649. The molecule has 0 unspecified atom stereocenters. The van der Waals surface area contributed by atoms with Gasteiger partial charge in [0.25, 0.3) is 0 Å². The Morgan fingerprint density at radius 1 is 1.46 bits per heavy atom. The van der Waals surface area contributed by atoms with Gasteiger partial charge in [-0.2, -0.15) is 5.10 Å². The van der Waals surface area contributed by atoms with E-state index in [9.17, 15) is 0 Å². The molecule has 1 aromatic rings. The average molecular weight is 182 g/mol. The van der Waals surface area contributed by atoms with Crippen molar-refractivity contribution in [3.05, 3.63) is 11.4 Å². The molecule has 0 bridgehead atoms. The normalized spacial score (nSPS) is 10.5. The molecule has 1 heterocycles. The van der Waals surface area contributed by atoms with Gasteiger partial charge in [0.2, 0.25) is 0 Å². The van der Waals surface area contributed by atoms with E-state index >= 15 is 0 Å². The SMILES string of the molecule is CCn1nc(C)c(NCCN)c1C. The Kier molecular flexibility index (Phi) is 3.31. The van der Waals surface area contributed by atoms with Crippen molar-refractivity contribution >= 4 is 5.69 Å². The van der Waals surface area contributed by atoms with Crippen LogP contribution in [0.2, 0.25) is 0 Å². The highest BCUT2D eigenvalue weighted by Gasteiger charge is 2.08. The summed E-state index contributed by atoms with van der Waals surface area (Å²) in [6.07, 6.45) is 0. The summed E-state index contributed by atoms with van der Waals surface area (Å²) in [5.41, 5.74) is 8.80. The number of hydrogen-bond donors (Lipinski definition) is 2. The van der Waals surface area contributed by atoms with Crippen LogP contribution in [0.15, 0.2) is 0 Å². The van der Waals surface area contributed by atoms with Crippen molar-refractivity contribution in [2.45, 2.75) is 27.3 Å². The maximum Gasteiger partial charge on any atom is 0.0827 e. The van der Waals surface area contributed by atoms with Gasteiger partial charge in [0.15, 0.2) is 0 Å². The summed E-state index contributed by atoms with van der Waals surface area (Å²) < 4.78 is 1.99. The van der Waals surface area contributed by atoms with Crippen LogP contribution in [0.3, 0.4) is 0 Å². The zero-order chi connectivity index (χ0) is 9.84. The largest absolute Gasteiger partial charge is 0.381 e. The summed E-state index contributed by atoms with van der Waals surface area (Å²) in [4.78, 5) is 0. The molecule has 3 N–H and O–H groups in total. The number of nitrogens with two attached hydrogens (primary N) is 1. The Labute approximate surface area is 79.1 Å². The van der Waals surface area contributed by atoms with Gasteiger partial charge in [-0.15, -0.1) is 0 Å². The van der Waals surface area contributed by atoms with E-state index in [0.29, 0.717) is 6.54 Å². The minimum atomic E-state index is 0.649. The summed E-state index contributed by atoms with van der Waals surface area (Å²) >= 11 is 0. The molecular weight excluding hydrogens is 164 g/mol. The number of aryl methyl sites for hydroxylation is 2. The first-order valence-electron chi connectivity index (χ1n) is 4.68. The lowest BCUT2D eigenvalue weighted by atomic mass is 10.3. The molecular formula is C9H18N4. The molecule has 0 aliphatic carbocycles. The van der Waals surface area contributed by atoms with Crippen molar-refractivity contribution in [3.8, 4) is 0 Å². The van der Waals surface area contributed by atoms with E-state index in [1.165, 1.54) is 5.69 Å². The molecule has 0 saturated heterocycles. The number of aromatic nitrogens is 2. The van der Waals surface area contributed by atoms with Crippen LogP contribution in [0, 0.1) is 13.8 Å². The molecule has 0 atom stereocenters. The molecule has 0 aliphatic rings. The summed E-state index contributed by atoms with van der Waals surface area (Å²) in [5.74, 6) is 0. The van der Waals surface area contributed by atoms with Crippen molar-refractivity contribution in [2.75, 3.05) is 18.4 Å². The van der Waals surface area contributed by atoms with Crippen LogP contribution in [-0.2, 0) is 6.54 Å². The predicted octanol–water partition coefficient (Wildman–Crippen LogP) is 0.890. The molecule has 0 fully saturated rings. The van der Waals surface area contributed by atoms with Crippen molar-refractivity contribution in [1.29, 1.82) is 0 Å². The molecule has 74 valence electrons. The Bertz CT molecular complexity index is 277. The maximum atomic E-state index is 5.43. The lowest BCUT2D eigenvalue weighted by Crippen LogP contribution is -2.14. The fourth-order valence-corrected chi connectivity index (χ4v) is 1.46. The standard InChI is InChI=1S/C9H18N4/c1-4-13-8(3)9(7(2)12-13)11-6-5-10/h11H,4-6,10H2,1-3H3. The first kappa shape index (κ1) is 10.1. The van der Waals surface area contributed by atoms with Crippen LogP contribution in [0.5, 0.6) is 0 Å². The molecule has 0 aliphatic heterocycles. The highest BCUT2D eigenvalue weighted by atomic mass is 15.3. The predicted molar refractivity (Wildman–Crippen MR) is 54.9 cm³/mol. The molecule has 13 heavy (non-hydrogen) atoms. The fourth-order valence-electron chi connectivity index (χ4n) is 1.46. The monoisotopic (exact) mass is 182 g/mol. The van der Waals surface area contributed by atoms with E-state index in [4.69, 9.17) is 5.73 Å². The molecule has 4 heteroatoms. The number of nitrogens with one attached hydrogen (secondary N) is 1. The topological polar surface area (TPSA) is 55.9 Å². The zero-order valence-electron chi connectivity index (χ0n) is 8.59. The number of nitrogens with zero attached hydrogens (tertiary/aromatic N) is 2. The molecule has 0 amide bonds.